The predicted molar refractivity (Wildman–Crippen MR) is 70.8 cm³/mol. The third-order valence-electron chi connectivity index (χ3n) is 4.40. The van der Waals surface area contributed by atoms with Gasteiger partial charge in [-0.15, -0.1) is 0 Å². The number of nitrogens with zero attached hydrogens (tertiary/aromatic N) is 2. The summed E-state index contributed by atoms with van der Waals surface area (Å²) < 4.78 is 0. The summed E-state index contributed by atoms with van der Waals surface area (Å²) in [7, 11) is 0. The molecule has 4 nitrogen and oxygen atoms in total. The van der Waals surface area contributed by atoms with Crippen molar-refractivity contribution in [2.45, 2.75) is 25.7 Å². The Morgan fingerprint density at radius 1 is 1.11 bits per heavy atom. The third-order valence-corrected chi connectivity index (χ3v) is 4.40. The highest BCUT2D eigenvalue weighted by Crippen LogP contribution is 2.40. The first-order valence-corrected chi connectivity index (χ1v) is 6.74. The molecule has 1 saturated heterocycles. The van der Waals surface area contributed by atoms with Gasteiger partial charge in [0, 0.05) is 19.2 Å². The van der Waals surface area contributed by atoms with Crippen molar-refractivity contribution in [2.24, 2.45) is 11.8 Å². The number of nitro groups is 1. The average Bonchev–Trinajstić information content (AvgIpc) is 2.82. The SMILES string of the molecule is O=[N+]([O-])c1ccccc1N1CC2CCCCC2C1. The Kier molecular flexibility index (Phi) is 2.94. The molecule has 96 valence electrons. The van der Waals surface area contributed by atoms with Gasteiger partial charge in [-0.25, -0.2) is 0 Å². The molecule has 0 N–H and O–H groups in total. The highest BCUT2D eigenvalue weighted by molar-refractivity contribution is 5.63. The van der Waals surface area contributed by atoms with Gasteiger partial charge in [0.2, 0.25) is 0 Å². The Labute approximate surface area is 107 Å². The topological polar surface area (TPSA) is 46.4 Å². The molecule has 1 aliphatic heterocycles. The van der Waals surface area contributed by atoms with Crippen molar-refractivity contribution in [2.75, 3.05) is 18.0 Å². The molecule has 1 aliphatic carbocycles. The van der Waals surface area contributed by atoms with Gasteiger partial charge in [0.25, 0.3) is 5.69 Å². The van der Waals surface area contributed by atoms with E-state index in [2.05, 4.69) is 4.90 Å². The lowest BCUT2D eigenvalue weighted by atomic mass is 9.82. The molecule has 1 aromatic rings. The van der Waals surface area contributed by atoms with Gasteiger partial charge < -0.3 is 4.90 Å². The minimum absolute atomic E-state index is 0.246. The van der Waals surface area contributed by atoms with E-state index >= 15 is 0 Å². The van der Waals surface area contributed by atoms with E-state index in [-0.39, 0.29) is 10.6 Å². The summed E-state index contributed by atoms with van der Waals surface area (Å²) in [6, 6.07) is 7.13. The lowest BCUT2D eigenvalue weighted by molar-refractivity contribution is -0.384. The van der Waals surface area contributed by atoms with Gasteiger partial charge in [-0.05, 0) is 30.7 Å². The number of para-hydroxylation sites is 2. The van der Waals surface area contributed by atoms with Gasteiger partial charge in [0.15, 0.2) is 0 Å². The Hall–Kier alpha value is -1.58. The summed E-state index contributed by atoms with van der Waals surface area (Å²) in [5.74, 6) is 1.50. The van der Waals surface area contributed by atoms with Crippen molar-refractivity contribution in [3.8, 4) is 0 Å². The number of hydrogen-bond acceptors (Lipinski definition) is 3. The molecular weight excluding hydrogens is 228 g/mol. The second kappa shape index (κ2) is 4.59. The van der Waals surface area contributed by atoms with Gasteiger partial charge >= 0.3 is 0 Å². The van der Waals surface area contributed by atoms with E-state index in [9.17, 15) is 10.1 Å². The summed E-state index contributed by atoms with van der Waals surface area (Å²) in [4.78, 5) is 13.0. The fourth-order valence-corrected chi connectivity index (χ4v) is 3.49. The molecule has 1 aromatic carbocycles. The van der Waals surface area contributed by atoms with Crippen molar-refractivity contribution in [3.63, 3.8) is 0 Å². The summed E-state index contributed by atoms with van der Waals surface area (Å²) in [6.07, 6.45) is 5.24. The summed E-state index contributed by atoms with van der Waals surface area (Å²) in [5.41, 5.74) is 1.05. The zero-order valence-electron chi connectivity index (χ0n) is 10.4. The molecule has 0 radical (unpaired) electrons. The number of benzene rings is 1. The van der Waals surface area contributed by atoms with E-state index in [1.54, 1.807) is 12.1 Å². The van der Waals surface area contributed by atoms with Crippen LogP contribution in [0.3, 0.4) is 0 Å². The highest BCUT2D eigenvalue weighted by atomic mass is 16.6. The number of rotatable bonds is 2. The lowest BCUT2D eigenvalue weighted by Crippen LogP contribution is -2.20. The zero-order chi connectivity index (χ0) is 12.5. The van der Waals surface area contributed by atoms with Crippen molar-refractivity contribution in [1.82, 2.24) is 0 Å². The molecule has 3 rings (SSSR count). The van der Waals surface area contributed by atoms with Crippen LogP contribution in [-0.4, -0.2) is 18.0 Å². The maximum Gasteiger partial charge on any atom is 0.292 e. The Morgan fingerprint density at radius 3 is 2.33 bits per heavy atom. The first-order chi connectivity index (χ1) is 8.75. The molecule has 1 heterocycles. The molecule has 4 heteroatoms. The zero-order valence-corrected chi connectivity index (χ0v) is 10.4. The van der Waals surface area contributed by atoms with Crippen LogP contribution >= 0.6 is 0 Å². The molecule has 0 aromatic heterocycles. The average molecular weight is 246 g/mol. The highest BCUT2D eigenvalue weighted by Gasteiger charge is 2.36. The summed E-state index contributed by atoms with van der Waals surface area (Å²) >= 11 is 0. The van der Waals surface area contributed by atoms with Crippen molar-refractivity contribution in [1.29, 1.82) is 0 Å². The van der Waals surface area contributed by atoms with E-state index in [4.69, 9.17) is 0 Å². The van der Waals surface area contributed by atoms with E-state index in [1.165, 1.54) is 25.7 Å². The molecule has 0 bridgehead atoms. The van der Waals surface area contributed by atoms with Gasteiger partial charge in [-0.2, -0.15) is 0 Å². The van der Waals surface area contributed by atoms with E-state index in [0.29, 0.717) is 0 Å². The van der Waals surface area contributed by atoms with Crippen LogP contribution in [-0.2, 0) is 0 Å². The van der Waals surface area contributed by atoms with Crippen molar-refractivity contribution >= 4 is 11.4 Å². The quantitative estimate of drug-likeness (QED) is 0.594. The maximum atomic E-state index is 11.1. The second-order valence-corrected chi connectivity index (χ2v) is 5.46. The third kappa shape index (κ3) is 1.96. The fourth-order valence-electron chi connectivity index (χ4n) is 3.49. The summed E-state index contributed by atoms with van der Waals surface area (Å²) in [5, 5.41) is 11.1. The molecule has 2 fully saturated rings. The monoisotopic (exact) mass is 246 g/mol. The van der Waals surface area contributed by atoms with Gasteiger partial charge in [0.05, 0.1) is 4.92 Å². The molecule has 2 atom stereocenters. The normalized spacial score (nSPS) is 27.0. The van der Waals surface area contributed by atoms with Crippen LogP contribution in [0.4, 0.5) is 11.4 Å². The van der Waals surface area contributed by atoms with E-state index in [0.717, 1.165) is 30.6 Å². The molecule has 0 spiro atoms. The molecule has 2 aliphatic rings. The molecule has 1 saturated carbocycles. The number of anilines is 1. The Morgan fingerprint density at radius 2 is 1.72 bits per heavy atom. The lowest BCUT2D eigenvalue weighted by Gasteiger charge is -2.22. The van der Waals surface area contributed by atoms with E-state index in [1.807, 2.05) is 12.1 Å². The largest absolute Gasteiger partial charge is 0.365 e. The first kappa shape index (κ1) is 11.5. The second-order valence-electron chi connectivity index (χ2n) is 5.46. The van der Waals surface area contributed by atoms with Crippen LogP contribution in [0.5, 0.6) is 0 Å². The van der Waals surface area contributed by atoms with Crippen molar-refractivity contribution < 1.29 is 4.92 Å². The molecule has 2 unspecified atom stereocenters. The maximum absolute atomic E-state index is 11.1. The molecular formula is C14H18N2O2. The molecule has 0 amide bonds. The van der Waals surface area contributed by atoms with Gasteiger partial charge in [0.1, 0.15) is 5.69 Å². The minimum Gasteiger partial charge on any atom is -0.365 e. The van der Waals surface area contributed by atoms with Crippen LogP contribution in [0.25, 0.3) is 0 Å². The smallest absolute Gasteiger partial charge is 0.292 e. The number of fused-ring (bicyclic) bond motifs is 1. The van der Waals surface area contributed by atoms with Gasteiger partial charge in [-0.3, -0.25) is 10.1 Å². The van der Waals surface area contributed by atoms with Crippen molar-refractivity contribution in [3.05, 3.63) is 34.4 Å². The van der Waals surface area contributed by atoms with Crippen LogP contribution < -0.4 is 4.90 Å². The Balaban J connectivity index is 1.85. The minimum atomic E-state index is -0.267. The van der Waals surface area contributed by atoms with Crippen LogP contribution in [0, 0.1) is 22.0 Å². The standard InChI is InChI=1S/C14H18N2O2/c17-16(18)14-8-4-3-7-13(14)15-9-11-5-1-2-6-12(11)10-15/h3-4,7-8,11-12H,1-2,5-6,9-10H2. The number of hydrogen-bond donors (Lipinski definition) is 0. The van der Waals surface area contributed by atoms with Crippen LogP contribution in [0.15, 0.2) is 24.3 Å². The number of nitro benzene ring substituents is 1. The molecule has 18 heavy (non-hydrogen) atoms. The predicted octanol–water partition coefficient (Wildman–Crippen LogP) is 3.22. The summed E-state index contributed by atoms with van der Waals surface area (Å²) in [6.45, 7) is 1.99. The van der Waals surface area contributed by atoms with Crippen LogP contribution in [0.1, 0.15) is 25.7 Å². The Bertz CT molecular complexity index is 447. The van der Waals surface area contributed by atoms with Crippen LogP contribution in [0.2, 0.25) is 0 Å². The fraction of sp³-hybridized carbons (Fsp3) is 0.571. The first-order valence-electron chi connectivity index (χ1n) is 6.74. The van der Waals surface area contributed by atoms with Gasteiger partial charge in [-0.1, -0.05) is 25.0 Å². The van der Waals surface area contributed by atoms with E-state index < -0.39 is 0 Å².